The standard InChI is InChI=1S/C20H20N4O2/c1-15-12-24(17-10-6-3-7-11-17)19(25)14-23(15)13-18-21-20(26-22-18)16-8-4-2-5-9-16/h2-11,15H,12-14H2,1H3/t15-/m0/s1. The number of hydrogen-bond donors (Lipinski definition) is 0. The summed E-state index contributed by atoms with van der Waals surface area (Å²) in [6.07, 6.45) is 0. The molecule has 132 valence electrons. The van der Waals surface area contributed by atoms with Gasteiger partial charge in [-0.15, -0.1) is 0 Å². The van der Waals surface area contributed by atoms with Gasteiger partial charge >= 0.3 is 0 Å². The van der Waals surface area contributed by atoms with Crippen molar-refractivity contribution in [1.29, 1.82) is 0 Å². The second-order valence-corrected chi connectivity index (χ2v) is 6.48. The molecule has 1 atom stereocenters. The van der Waals surface area contributed by atoms with E-state index in [0.717, 1.165) is 11.3 Å². The van der Waals surface area contributed by atoms with Crippen molar-refractivity contribution in [2.75, 3.05) is 18.0 Å². The molecule has 0 unspecified atom stereocenters. The predicted molar refractivity (Wildman–Crippen MR) is 98.4 cm³/mol. The van der Waals surface area contributed by atoms with Crippen LogP contribution < -0.4 is 4.90 Å². The minimum absolute atomic E-state index is 0.0843. The van der Waals surface area contributed by atoms with E-state index in [-0.39, 0.29) is 11.9 Å². The van der Waals surface area contributed by atoms with E-state index < -0.39 is 0 Å². The van der Waals surface area contributed by atoms with Crippen LogP contribution >= 0.6 is 0 Å². The first-order valence-electron chi connectivity index (χ1n) is 8.68. The number of benzene rings is 2. The Morgan fingerprint density at radius 1 is 1.08 bits per heavy atom. The van der Waals surface area contributed by atoms with Gasteiger partial charge in [-0.2, -0.15) is 4.98 Å². The number of nitrogens with zero attached hydrogens (tertiary/aromatic N) is 4. The fraction of sp³-hybridized carbons (Fsp3) is 0.250. The molecule has 6 heteroatoms. The lowest BCUT2D eigenvalue weighted by Crippen LogP contribution is -2.54. The number of carbonyl (C=O) groups is 1. The number of amides is 1. The molecule has 0 saturated carbocycles. The number of rotatable bonds is 4. The van der Waals surface area contributed by atoms with Gasteiger partial charge in [0.2, 0.25) is 5.91 Å². The lowest BCUT2D eigenvalue weighted by Gasteiger charge is -2.38. The van der Waals surface area contributed by atoms with Crippen LogP contribution in [0, 0.1) is 0 Å². The third kappa shape index (κ3) is 3.36. The van der Waals surface area contributed by atoms with Gasteiger partial charge in [0.25, 0.3) is 5.89 Å². The summed E-state index contributed by atoms with van der Waals surface area (Å²) in [6, 6.07) is 19.7. The molecule has 2 aromatic carbocycles. The summed E-state index contributed by atoms with van der Waals surface area (Å²) in [7, 11) is 0. The van der Waals surface area contributed by atoms with Crippen molar-refractivity contribution in [3.8, 4) is 11.5 Å². The van der Waals surface area contributed by atoms with Gasteiger partial charge in [-0.1, -0.05) is 41.6 Å². The second kappa shape index (κ2) is 7.09. The van der Waals surface area contributed by atoms with E-state index in [1.165, 1.54) is 0 Å². The second-order valence-electron chi connectivity index (χ2n) is 6.48. The number of anilines is 1. The fourth-order valence-corrected chi connectivity index (χ4v) is 3.16. The molecule has 1 saturated heterocycles. The third-order valence-corrected chi connectivity index (χ3v) is 4.61. The lowest BCUT2D eigenvalue weighted by molar-refractivity contribution is -0.122. The Morgan fingerprint density at radius 3 is 2.50 bits per heavy atom. The Balaban J connectivity index is 1.45. The highest BCUT2D eigenvalue weighted by Crippen LogP contribution is 2.22. The summed E-state index contributed by atoms with van der Waals surface area (Å²) in [5.74, 6) is 1.18. The van der Waals surface area contributed by atoms with Crippen LogP contribution in [0.25, 0.3) is 11.5 Å². The van der Waals surface area contributed by atoms with Crippen LogP contribution in [0.3, 0.4) is 0 Å². The van der Waals surface area contributed by atoms with Crippen molar-refractivity contribution in [2.45, 2.75) is 19.5 Å². The monoisotopic (exact) mass is 348 g/mol. The Kier molecular flexibility index (Phi) is 4.50. The highest BCUT2D eigenvalue weighted by Gasteiger charge is 2.31. The van der Waals surface area contributed by atoms with Crippen LogP contribution in [0.4, 0.5) is 5.69 Å². The Labute approximate surface area is 152 Å². The zero-order valence-electron chi connectivity index (χ0n) is 14.6. The summed E-state index contributed by atoms with van der Waals surface area (Å²) in [4.78, 5) is 21.0. The Bertz CT molecular complexity index is 879. The summed E-state index contributed by atoms with van der Waals surface area (Å²) < 4.78 is 5.36. The van der Waals surface area contributed by atoms with Crippen molar-refractivity contribution in [3.05, 3.63) is 66.5 Å². The van der Waals surface area contributed by atoms with E-state index in [4.69, 9.17) is 4.52 Å². The molecule has 1 amide bonds. The highest BCUT2D eigenvalue weighted by atomic mass is 16.5. The van der Waals surface area contributed by atoms with E-state index in [0.29, 0.717) is 31.3 Å². The third-order valence-electron chi connectivity index (χ3n) is 4.61. The molecule has 0 radical (unpaired) electrons. The smallest absolute Gasteiger partial charge is 0.257 e. The zero-order valence-corrected chi connectivity index (χ0v) is 14.6. The molecule has 0 aliphatic carbocycles. The number of hydrogen-bond acceptors (Lipinski definition) is 5. The molecule has 6 nitrogen and oxygen atoms in total. The van der Waals surface area contributed by atoms with Crippen molar-refractivity contribution in [2.24, 2.45) is 0 Å². The molecule has 4 rings (SSSR count). The van der Waals surface area contributed by atoms with Crippen LogP contribution in [0.15, 0.2) is 65.2 Å². The van der Waals surface area contributed by atoms with Crippen LogP contribution in [0.2, 0.25) is 0 Å². The summed E-state index contributed by atoms with van der Waals surface area (Å²) in [5.41, 5.74) is 1.83. The van der Waals surface area contributed by atoms with Crippen LogP contribution in [0.1, 0.15) is 12.7 Å². The van der Waals surface area contributed by atoms with Gasteiger partial charge in [-0.05, 0) is 31.2 Å². The minimum atomic E-state index is 0.0843. The van der Waals surface area contributed by atoms with Crippen molar-refractivity contribution in [1.82, 2.24) is 15.0 Å². The quantitative estimate of drug-likeness (QED) is 0.725. The maximum absolute atomic E-state index is 12.6. The molecule has 3 aromatic rings. The molecule has 1 fully saturated rings. The van der Waals surface area contributed by atoms with Crippen LogP contribution in [0.5, 0.6) is 0 Å². The zero-order chi connectivity index (χ0) is 17.9. The fourth-order valence-electron chi connectivity index (χ4n) is 3.16. The topological polar surface area (TPSA) is 62.5 Å². The van der Waals surface area contributed by atoms with E-state index >= 15 is 0 Å². The lowest BCUT2D eigenvalue weighted by atomic mass is 10.1. The maximum atomic E-state index is 12.6. The predicted octanol–water partition coefficient (Wildman–Crippen LogP) is 2.97. The van der Waals surface area contributed by atoms with Crippen LogP contribution in [-0.2, 0) is 11.3 Å². The van der Waals surface area contributed by atoms with Gasteiger partial charge in [0, 0.05) is 23.8 Å². The molecule has 1 aromatic heterocycles. The molecular formula is C20H20N4O2. The van der Waals surface area contributed by atoms with Crippen molar-refractivity contribution >= 4 is 11.6 Å². The molecule has 0 spiro atoms. The Hall–Kier alpha value is -2.99. The molecule has 1 aliphatic rings. The largest absolute Gasteiger partial charge is 0.334 e. The van der Waals surface area contributed by atoms with Crippen molar-refractivity contribution < 1.29 is 9.32 Å². The van der Waals surface area contributed by atoms with E-state index in [9.17, 15) is 4.79 Å². The highest BCUT2D eigenvalue weighted by molar-refractivity contribution is 5.95. The van der Waals surface area contributed by atoms with E-state index in [1.54, 1.807) is 0 Å². The SMILES string of the molecule is C[C@H]1CN(c2ccccc2)C(=O)CN1Cc1noc(-c2ccccc2)n1. The van der Waals surface area contributed by atoms with Crippen molar-refractivity contribution in [3.63, 3.8) is 0 Å². The number of piperazine rings is 1. The van der Waals surface area contributed by atoms with E-state index in [1.807, 2.05) is 65.6 Å². The summed E-state index contributed by atoms with van der Waals surface area (Å²) in [5, 5.41) is 4.07. The number of aromatic nitrogens is 2. The average Bonchev–Trinajstić information content (AvgIpc) is 3.14. The first-order valence-corrected chi connectivity index (χ1v) is 8.68. The van der Waals surface area contributed by atoms with Gasteiger partial charge in [-0.25, -0.2) is 0 Å². The minimum Gasteiger partial charge on any atom is -0.334 e. The molecule has 26 heavy (non-hydrogen) atoms. The Morgan fingerprint density at radius 2 is 1.77 bits per heavy atom. The van der Waals surface area contributed by atoms with E-state index in [2.05, 4.69) is 22.0 Å². The summed E-state index contributed by atoms with van der Waals surface area (Å²) >= 11 is 0. The summed E-state index contributed by atoms with van der Waals surface area (Å²) in [6.45, 7) is 3.59. The maximum Gasteiger partial charge on any atom is 0.257 e. The van der Waals surface area contributed by atoms with Gasteiger partial charge in [0.15, 0.2) is 5.82 Å². The van der Waals surface area contributed by atoms with Crippen LogP contribution in [-0.4, -0.2) is 40.1 Å². The van der Waals surface area contributed by atoms with Gasteiger partial charge in [0.05, 0.1) is 13.1 Å². The normalized spacial score (nSPS) is 18.3. The first kappa shape index (κ1) is 16.5. The molecular weight excluding hydrogens is 328 g/mol. The average molecular weight is 348 g/mol. The first-order chi connectivity index (χ1) is 12.7. The van der Waals surface area contributed by atoms with Gasteiger partial charge in [0.1, 0.15) is 0 Å². The molecule has 2 heterocycles. The number of carbonyl (C=O) groups excluding carboxylic acids is 1. The van der Waals surface area contributed by atoms with Gasteiger partial charge in [-0.3, -0.25) is 9.69 Å². The molecule has 0 N–H and O–H groups in total. The molecule has 1 aliphatic heterocycles. The molecule has 0 bridgehead atoms. The van der Waals surface area contributed by atoms with Gasteiger partial charge < -0.3 is 9.42 Å². The number of para-hydroxylation sites is 1.